The van der Waals surface area contributed by atoms with Gasteiger partial charge in [0, 0.05) is 23.7 Å². The molecule has 0 atom stereocenters. The third-order valence-corrected chi connectivity index (χ3v) is 3.91. The van der Waals surface area contributed by atoms with Gasteiger partial charge in [-0.3, -0.25) is 9.78 Å². The van der Waals surface area contributed by atoms with Gasteiger partial charge >= 0.3 is 0 Å². The molecule has 3 rings (SSSR count). The first-order chi connectivity index (χ1) is 12.0. The smallest absolute Gasteiger partial charge is 0.287 e. The zero-order valence-corrected chi connectivity index (χ0v) is 14.3. The Morgan fingerprint density at radius 2 is 2.12 bits per heavy atom. The Balaban J connectivity index is 1.74. The van der Waals surface area contributed by atoms with Crippen molar-refractivity contribution in [2.75, 3.05) is 27.2 Å². The van der Waals surface area contributed by atoms with E-state index in [4.69, 9.17) is 4.42 Å². The molecule has 3 aromatic rings. The monoisotopic (exact) mass is 339 g/mol. The highest BCUT2D eigenvalue weighted by atomic mass is 16.3. The second-order valence-corrected chi connectivity index (χ2v) is 6.18. The van der Waals surface area contributed by atoms with Crippen LogP contribution < -0.4 is 5.32 Å². The highest BCUT2D eigenvalue weighted by molar-refractivity contribution is 5.94. The zero-order chi connectivity index (χ0) is 17.8. The van der Waals surface area contributed by atoms with Crippen molar-refractivity contribution in [1.29, 1.82) is 0 Å². The second-order valence-electron chi connectivity index (χ2n) is 6.18. The molecule has 130 valence electrons. The van der Waals surface area contributed by atoms with E-state index >= 15 is 0 Å². The summed E-state index contributed by atoms with van der Waals surface area (Å²) in [5.41, 5.74) is 2.06. The lowest BCUT2D eigenvalue weighted by Crippen LogP contribution is -2.26. The van der Waals surface area contributed by atoms with E-state index in [-0.39, 0.29) is 17.4 Å². The molecule has 1 aromatic carbocycles. The number of nitrogens with zero attached hydrogens (tertiary/aromatic N) is 2. The van der Waals surface area contributed by atoms with Crippen molar-refractivity contribution in [3.05, 3.63) is 48.6 Å². The SMILES string of the molecule is CN(C)CCCNC(=O)c1cc(-c2cc(O)c3ncccc3c2)co1. The number of hydrogen-bond acceptors (Lipinski definition) is 5. The summed E-state index contributed by atoms with van der Waals surface area (Å²) in [5, 5.41) is 13.8. The maximum absolute atomic E-state index is 12.1. The van der Waals surface area contributed by atoms with Gasteiger partial charge in [-0.1, -0.05) is 6.07 Å². The predicted octanol–water partition coefficient (Wildman–Crippen LogP) is 2.88. The molecule has 6 heteroatoms. The number of aromatic hydroxyl groups is 1. The molecule has 0 fully saturated rings. The van der Waals surface area contributed by atoms with E-state index in [1.54, 1.807) is 18.3 Å². The number of furan rings is 1. The molecule has 0 unspecified atom stereocenters. The number of phenolic OH excluding ortho intramolecular Hbond substituents is 1. The molecule has 0 aliphatic heterocycles. The molecule has 2 aromatic heterocycles. The molecule has 0 aliphatic rings. The number of rotatable bonds is 6. The van der Waals surface area contributed by atoms with Gasteiger partial charge < -0.3 is 19.7 Å². The van der Waals surface area contributed by atoms with Gasteiger partial charge in [0.15, 0.2) is 5.76 Å². The maximum atomic E-state index is 12.1. The van der Waals surface area contributed by atoms with Crippen molar-refractivity contribution < 1.29 is 14.3 Å². The van der Waals surface area contributed by atoms with Crippen LogP contribution in [0.3, 0.4) is 0 Å². The van der Waals surface area contributed by atoms with E-state index in [0.717, 1.165) is 29.5 Å². The van der Waals surface area contributed by atoms with Gasteiger partial charge in [-0.25, -0.2) is 0 Å². The number of amides is 1. The molecule has 0 saturated carbocycles. The van der Waals surface area contributed by atoms with Gasteiger partial charge in [0.1, 0.15) is 11.3 Å². The summed E-state index contributed by atoms with van der Waals surface area (Å²) in [6.45, 7) is 1.50. The number of carbonyl (C=O) groups excluding carboxylic acids is 1. The standard InChI is InChI=1S/C19H21N3O3/c1-22(2)8-4-7-21-19(24)17-11-15(12-25-17)14-9-13-5-3-6-20-18(13)16(23)10-14/h3,5-6,9-12,23H,4,7-8H2,1-2H3,(H,21,24). The minimum Gasteiger partial charge on any atom is -0.506 e. The number of hydrogen-bond donors (Lipinski definition) is 2. The van der Waals surface area contributed by atoms with Crippen LogP contribution >= 0.6 is 0 Å². The van der Waals surface area contributed by atoms with Crippen LogP contribution in [-0.4, -0.2) is 48.1 Å². The fraction of sp³-hybridized carbons (Fsp3) is 0.263. The molecule has 2 heterocycles. The second kappa shape index (κ2) is 7.36. The predicted molar refractivity (Wildman–Crippen MR) is 96.6 cm³/mol. The highest BCUT2D eigenvalue weighted by Crippen LogP contribution is 2.31. The van der Waals surface area contributed by atoms with Crippen LogP contribution in [0.1, 0.15) is 17.0 Å². The van der Waals surface area contributed by atoms with Gasteiger partial charge in [0.2, 0.25) is 0 Å². The largest absolute Gasteiger partial charge is 0.506 e. The van der Waals surface area contributed by atoms with E-state index < -0.39 is 0 Å². The Bertz CT molecular complexity index is 887. The van der Waals surface area contributed by atoms with Crippen molar-refractivity contribution in [3.63, 3.8) is 0 Å². The summed E-state index contributed by atoms with van der Waals surface area (Å²) in [6.07, 6.45) is 4.03. The summed E-state index contributed by atoms with van der Waals surface area (Å²) < 4.78 is 5.39. The van der Waals surface area contributed by atoms with E-state index in [1.807, 2.05) is 32.3 Å². The topological polar surface area (TPSA) is 78.6 Å². The molecular weight excluding hydrogens is 318 g/mol. The molecule has 0 saturated heterocycles. The Hall–Kier alpha value is -2.86. The van der Waals surface area contributed by atoms with Crippen molar-refractivity contribution >= 4 is 16.8 Å². The molecular formula is C19H21N3O3. The third kappa shape index (κ3) is 3.97. The lowest BCUT2D eigenvalue weighted by atomic mass is 10.0. The number of phenols is 1. The van der Waals surface area contributed by atoms with Gasteiger partial charge in [-0.15, -0.1) is 0 Å². The van der Waals surface area contributed by atoms with E-state index in [0.29, 0.717) is 12.1 Å². The van der Waals surface area contributed by atoms with Gasteiger partial charge in [-0.05, 0) is 56.9 Å². The molecule has 0 spiro atoms. The fourth-order valence-electron chi connectivity index (χ4n) is 2.63. The molecule has 1 amide bonds. The number of aromatic nitrogens is 1. The number of benzene rings is 1. The third-order valence-electron chi connectivity index (χ3n) is 3.91. The quantitative estimate of drug-likeness (QED) is 0.675. The van der Waals surface area contributed by atoms with Crippen molar-refractivity contribution in [3.8, 4) is 16.9 Å². The van der Waals surface area contributed by atoms with Crippen LogP contribution in [0.25, 0.3) is 22.0 Å². The Labute approximate surface area is 146 Å². The van der Waals surface area contributed by atoms with Crippen molar-refractivity contribution in [2.45, 2.75) is 6.42 Å². The van der Waals surface area contributed by atoms with E-state index in [9.17, 15) is 9.90 Å². The van der Waals surface area contributed by atoms with Crippen LogP contribution in [-0.2, 0) is 0 Å². The van der Waals surface area contributed by atoms with Gasteiger partial charge in [-0.2, -0.15) is 0 Å². The number of pyridine rings is 1. The van der Waals surface area contributed by atoms with Crippen molar-refractivity contribution in [2.24, 2.45) is 0 Å². The minimum absolute atomic E-state index is 0.101. The van der Waals surface area contributed by atoms with Crippen LogP contribution in [0, 0.1) is 0 Å². The van der Waals surface area contributed by atoms with Gasteiger partial charge in [0.25, 0.3) is 5.91 Å². The lowest BCUT2D eigenvalue weighted by molar-refractivity contribution is 0.0924. The first-order valence-electron chi connectivity index (χ1n) is 8.14. The van der Waals surface area contributed by atoms with E-state index in [2.05, 4.69) is 15.2 Å². The Morgan fingerprint density at radius 3 is 2.92 bits per heavy atom. The highest BCUT2D eigenvalue weighted by Gasteiger charge is 2.13. The molecule has 6 nitrogen and oxygen atoms in total. The molecule has 0 radical (unpaired) electrons. The lowest BCUT2D eigenvalue weighted by Gasteiger charge is -2.09. The van der Waals surface area contributed by atoms with E-state index in [1.165, 1.54) is 6.26 Å². The number of nitrogens with one attached hydrogen (secondary N) is 1. The van der Waals surface area contributed by atoms with Crippen LogP contribution in [0.4, 0.5) is 0 Å². The average molecular weight is 339 g/mol. The first-order valence-corrected chi connectivity index (χ1v) is 8.14. The molecule has 0 aliphatic carbocycles. The van der Waals surface area contributed by atoms with Crippen LogP contribution in [0.15, 0.2) is 47.2 Å². The fourth-order valence-corrected chi connectivity index (χ4v) is 2.63. The summed E-state index contributed by atoms with van der Waals surface area (Å²) >= 11 is 0. The minimum atomic E-state index is -0.239. The summed E-state index contributed by atoms with van der Waals surface area (Å²) in [5.74, 6) is 0.117. The average Bonchev–Trinajstić information content (AvgIpc) is 3.08. The van der Waals surface area contributed by atoms with Crippen molar-refractivity contribution in [1.82, 2.24) is 15.2 Å². The summed E-state index contributed by atoms with van der Waals surface area (Å²) in [4.78, 5) is 18.4. The Kier molecular flexibility index (Phi) is 5.00. The molecule has 2 N–H and O–H groups in total. The number of fused-ring (bicyclic) bond motifs is 1. The molecule has 0 bridgehead atoms. The summed E-state index contributed by atoms with van der Waals surface area (Å²) in [7, 11) is 3.99. The van der Waals surface area contributed by atoms with Gasteiger partial charge in [0.05, 0.1) is 6.26 Å². The Morgan fingerprint density at radius 1 is 1.28 bits per heavy atom. The first kappa shape index (κ1) is 17.0. The van der Waals surface area contributed by atoms with Crippen LogP contribution in [0.2, 0.25) is 0 Å². The normalized spacial score (nSPS) is 11.2. The molecule has 25 heavy (non-hydrogen) atoms. The zero-order valence-electron chi connectivity index (χ0n) is 14.3. The van der Waals surface area contributed by atoms with Crippen LogP contribution in [0.5, 0.6) is 5.75 Å². The number of carbonyl (C=O) groups is 1. The maximum Gasteiger partial charge on any atom is 0.287 e. The summed E-state index contributed by atoms with van der Waals surface area (Å²) in [6, 6.07) is 8.90.